The van der Waals surface area contributed by atoms with E-state index in [1.165, 1.54) is 0 Å². The van der Waals surface area contributed by atoms with Crippen LogP contribution in [0.1, 0.15) is 27.7 Å². The summed E-state index contributed by atoms with van der Waals surface area (Å²) in [6.07, 6.45) is -0.326. The Balaban J connectivity index is 1.91. The topological polar surface area (TPSA) is 61.9 Å². The van der Waals surface area contributed by atoms with Gasteiger partial charge in [0.1, 0.15) is 5.60 Å². The molecule has 0 radical (unpaired) electrons. The van der Waals surface area contributed by atoms with E-state index in [4.69, 9.17) is 4.74 Å². The van der Waals surface area contributed by atoms with Crippen LogP contribution in [-0.2, 0) is 4.74 Å². The Kier molecular flexibility index (Phi) is 5.95. The van der Waals surface area contributed by atoms with E-state index in [0.29, 0.717) is 19.6 Å². The maximum atomic E-state index is 12.4. The van der Waals surface area contributed by atoms with Gasteiger partial charge in [-0.2, -0.15) is 0 Å². The highest BCUT2D eigenvalue weighted by atomic mass is 127. The molecule has 1 aromatic rings. The molecule has 0 spiro atoms. The van der Waals surface area contributed by atoms with Gasteiger partial charge >= 0.3 is 12.1 Å². The standard InChI is InChI=1S/C17H24IN3O3/c1-12-11-20(9-10-21(12)16(23)24-17(2,3)4)15(22)19-14-7-5-13(18)6-8-14/h5-8,12H,9-11H2,1-4H3,(H,19,22)/t12-/m0/s1. The van der Waals surface area contributed by atoms with E-state index in [1.807, 2.05) is 52.0 Å². The van der Waals surface area contributed by atoms with Crippen molar-refractivity contribution in [2.24, 2.45) is 0 Å². The quantitative estimate of drug-likeness (QED) is 0.670. The molecule has 1 aromatic carbocycles. The zero-order valence-corrected chi connectivity index (χ0v) is 16.7. The van der Waals surface area contributed by atoms with Crippen molar-refractivity contribution in [3.8, 4) is 0 Å². The number of halogens is 1. The lowest BCUT2D eigenvalue weighted by molar-refractivity contribution is 0.00589. The highest BCUT2D eigenvalue weighted by Crippen LogP contribution is 2.17. The molecule has 7 heteroatoms. The number of amides is 3. The second-order valence-corrected chi connectivity index (χ2v) is 8.15. The molecule has 1 aliphatic heterocycles. The molecule has 1 N–H and O–H groups in total. The number of anilines is 1. The molecule has 1 atom stereocenters. The largest absolute Gasteiger partial charge is 0.444 e. The molecule has 1 heterocycles. The number of hydrogen-bond acceptors (Lipinski definition) is 3. The summed E-state index contributed by atoms with van der Waals surface area (Å²) in [5.74, 6) is 0. The first-order valence-corrected chi connectivity index (χ1v) is 9.05. The van der Waals surface area contributed by atoms with Crippen LogP contribution in [0.15, 0.2) is 24.3 Å². The number of nitrogens with zero attached hydrogens (tertiary/aromatic N) is 2. The maximum Gasteiger partial charge on any atom is 0.410 e. The molecule has 1 saturated heterocycles. The summed E-state index contributed by atoms with van der Waals surface area (Å²) in [6, 6.07) is 7.40. The van der Waals surface area contributed by atoms with E-state index >= 15 is 0 Å². The van der Waals surface area contributed by atoms with E-state index in [2.05, 4.69) is 27.9 Å². The molecule has 0 bridgehead atoms. The minimum Gasteiger partial charge on any atom is -0.444 e. The molecule has 3 amide bonds. The van der Waals surface area contributed by atoms with E-state index < -0.39 is 5.60 Å². The van der Waals surface area contributed by atoms with Gasteiger partial charge in [-0.15, -0.1) is 0 Å². The van der Waals surface area contributed by atoms with Gasteiger partial charge in [0.25, 0.3) is 0 Å². The van der Waals surface area contributed by atoms with Crippen molar-refractivity contribution < 1.29 is 14.3 Å². The molecule has 1 fully saturated rings. The third-order valence-electron chi connectivity index (χ3n) is 3.64. The Bertz CT molecular complexity index is 598. The van der Waals surface area contributed by atoms with Gasteiger partial charge in [-0.1, -0.05) is 0 Å². The number of rotatable bonds is 1. The number of urea groups is 1. The molecule has 2 rings (SSSR count). The van der Waals surface area contributed by atoms with Gasteiger partial charge in [-0.25, -0.2) is 9.59 Å². The fraction of sp³-hybridized carbons (Fsp3) is 0.529. The molecule has 0 aromatic heterocycles. The Morgan fingerprint density at radius 1 is 1.21 bits per heavy atom. The molecule has 6 nitrogen and oxygen atoms in total. The number of nitrogens with one attached hydrogen (secondary N) is 1. The smallest absolute Gasteiger partial charge is 0.410 e. The normalized spacial score (nSPS) is 18.3. The van der Waals surface area contributed by atoms with Crippen LogP contribution in [0.3, 0.4) is 0 Å². The number of ether oxygens (including phenoxy) is 1. The summed E-state index contributed by atoms with van der Waals surface area (Å²) in [7, 11) is 0. The van der Waals surface area contributed by atoms with Gasteiger partial charge in [-0.05, 0) is 74.6 Å². The summed E-state index contributed by atoms with van der Waals surface area (Å²) >= 11 is 2.22. The SMILES string of the molecule is C[C@H]1CN(C(=O)Nc2ccc(I)cc2)CCN1C(=O)OC(C)(C)C. The number of benzene rings is 1. The van der Waals surface area contributed by atoms with Crippen LogP contribution in [0.4, 0.5) is 15.3 Å². The molecular formula is C17H24IN3O3. The van der Waals surface area contributed by atoms with Crippen molar-refractivity contribution in [3.63, 3.8) is 0 Å². The predicted octanol–water partition coefficient (Wildman–Crippen LogP) is 3.76. The van der Waals surface area contributed by atoms with Crippen LogP contribution < -0.4 is 5.32 Å². The van der Waals surface area contributed by atoms with E-state index in [-0.39, 0.29) is 18.2 Å². The Hall–Kier alpha value is -1.51. The summed E-state index contributed by atoms with van der Waals surface area (Å²) in [6.45, 7) is 8.90. The van der Waals surface area contributed by atoms with Gasteiger partial charge in [0.15, 0.2) is 0 Å². The minimum absolute atomic E-state index is 0.0870. The molecule has 0 unspecified atom stereocenters. The van der Waals surface area contributed by atoms with Gasteiger partial charge in [0.2, 0.25) is 0 Å². The Morgan fingerprint density at radius 3 is 2.38 bits per heavy atom. The second-order valence-electron chi connectivity index (χ2n) is 6.91. The van der Waals surface area contributed by atoms with Crippen molar-refractivity contribution >= 4 is 40.4 Å². The zero-order valence-electron chi connectivity index (χ0n) is 14.5. The van der Waals surface area contributed by atoms with Crippen LogP contribution in [0.5, 0.6) is 0 Å². The summed E-state index contributed by atoms with van der Waals surface area (Å²) < 4.78 is 6.53. The lowest BCUT2D eigenvalue weighted by Crippen LogP contribution is -2.57. The molecule has 0 saturated carbocycles. The molecule has 132 valence electrons. The van der Waals surface area contributed by atoms with Gasteiger partial charge in [0, 0.05) is 34.9 Å². The Morgan fingerprint density at radius 2 is 1.83 bits per heavy atom. The lowest BCUT2D eigenvalue weighted by Gasteiger charge is -2.40. The average molecular weight is 445 g/mol. The van der Waals surface area contributed by atoms with Gasteiger partial charge in [-0.3, -0.25) is 0 Å². The number of carbonyl (C=O) groups excluding carboxylic acids is 2. The Labute approximate surface area is 156 Å². The highest BCUT2D eigenvalue weighted by Gasteiger charge is 2.32. The van der Waals surface area contributed by atoms with Crippen molar-refractivity contribution in [1.29, 1.82) is 0 Å². The minimum atomic E-state index is -0.518. The highest BCUT2D eigenvalue weighted by molar-refractivity contribution is 14.1. The first kappa shape index (κ1) is 18.8. The summed E-state index contributed by atoms with van der Waals surface area (Å²) in [5.41, 5.74) is 0.249. The van der Waals surface area contributed by atoms with Gasteiger partial charge < -0.3 is 19.9 Å². The van der Waals surface area contributed by atoms with Crippen LogP contribution in [0.25, 0.3) is 0 Å². The summed E-state index contributed by atoms with van der Waals surface area (Å²) in [5, 5.41) is 2.89. The van der Waals surface area contributed by atoms with Crippen LogP contribution in [-0.4, -0.2) is 53.2 Å². The van der Waals surface area contributed by atoms with Gasteiger partial charge in [0.05, 0.1) is 0 Å². The monoisotopic (exact) mass is 445 g/mol. The fourth-order valence-electron chi connectivity index (χ4n) is 2.47. The molecule has 1 aliphatic rings. The molecule has 0 aliphatic carbocycles. The average Bonchev–Trinajstić information content (AvgIpc) is 2.47. The van der Waals surface area contributed by atoms with Crippen molar-refractivity contribution in [2.45, 2.75) is 39.3 Å². The second kappa shape index (κ2) is 7.58. The predicted molar refractivity (Wildman–Crippen MR) is 102 cm³/mol. The third kappa shape index (κ3) is 5.25. The fourth-order valence-corrected chi connectivity index (χ4v) is 2.83. The first-order valence-electron chi connectivity index (χ1n) is 7.97. The molecular weight excluding hydrogens is 421 g/mol. The third-order valence-corrected chi connectivity index (χ3v) is 4.36. The van der Waals surface area contributed by atoms with E-state index in [9.17, 15) is 9.59 Å². The van der Waals surface area contributed by atoms with Crippen LogP contribution in [0.2, 0.25) is 0 Å². The summed E-state index contributed by atoms with van der Waals surface area (Å²) in [4.78, 5) is 28.0. The number of hydrogen-bond donors (Lipinski definition) is 1. The number of carbonyl (C=O) groups is 2. The van der Waals surface area contributed by atoms with Crippen LogP contribution >= 0.6 is 22.6 Å². The van der Waals surface area contributed by atoms with Crippen molar-refractivity contribution in [2.75, 3.05) is 25.0 Å². The van der Waals surface area contributed by atoms with Crippen molar-refractivity contribution in [3.05, 3.63) is 27.8 Å². The van der Waals surface area contributed by atoms with Crippen LogP contribution in [0, 0.1) is 3.57 Å². The molecule has 24 heavy (non-hydrogen) atoms. The number of piperazine rings is 1. The maximum absolute atomic E-state index is 12.4. The van der Waals surface area contributed by atoms with E-state index in [0.717, 1.165) is 9.26 Å². The van der Waals surface area contributed by atoms with E-state index in [1.54, 1.807) is 9.80 Å². The first-order chi connectivity index (χ1) is 11.2. The zero-order chi connectivity index (χ0) is 17.9. The van der Waals surface area contributed by atoms with Crippen molar-refractivity contribution in [1.82, 2.24) is 9.80 Å². The lowest BCUT2D eigenvalue weighted by atomic mass is 10.2.